The van der Waals surface area contributed by atoms with Crippen LogP contribution in [0.1, 0.15) is 22.3 Å². The predicted molar refractivity (Wildman–Crippen MR) is 230 cm³/mol. The number of hydrogen-bond acceptors (Lipinski definition) is 2. The first-order valence-electron chi connectivity index (χ1n) is 19.0. The molecule has 0 bridgehead atoms. The molecule has 2 heteroatoms. The largest absolute Gasteiger partial charge is 0.456 e. The quantitative estimate of drug-likeness (QED) is 0.173. The number of ether oxygens (including phenoxy) is 1. The lowest BCUT2D eigenvalue weighted by molar-refractivity contribution is 0.487. The van der Waals surface area contributed by atoms with Gasteiger partial charge in [0.1, 0.15) is 11.5 Å². The van der Waals surface area contributed by atoms with Crippen LogP contribution in [0.4, 0.5) is 0 Å². The van der Waals surface area contributed by atoms with Gasteiger partial charge in [0.2, 0.25) is 0 Å². The molecule has 0 fully saturated rings. The van der Waals surface area contributed by atoms with Crippen LogP contribution in [-0.2, 0) is 5.41 Å². The van der Waals surface area contributed by atoms with Gasteiger partial charge in [-0.1, -0.05) is 158 Å². The highest BCUT2D eigenvalue weighted by Crippen LogP contribution is 2.64. The Morgan fingerprint density at radius 3 is 1.76 bits per heavy atom. The summed E-state index contributed by atoms with van der Waals surface area (Å²) in [7, 11) is 0. The van der Waals surface area contributed by atoms with Crippen LogP contribution in [-0.4, -0.2) is 0 Å². The normalized spacial score (nSPS) is 13.7. The van der Waals surface area contributed by atoms with Crippen molar-refractivity contribution in [1.29, 1.82) is 0 Å². The van der Waals surface area contributed by atoms with Crippen molar-refractivity contribution >= 4 is 42.3 Å². The molecule has 0 saturated carbocycles. The molecule has 1 spiro atoms. The molecule has 0 radical (unpaired) electrons. The van der Waals surface area contributed by atoms with Crippen molar-refractivity contribution in [3.8, 4) is 67.1 Å². The van der Waals surface area contributed by atoms with Gasteiger partial charge in [0, 0.05) is 31.1 Å². The van der Waals surface area contributed by atoms with Gasteiger partial charge in [0.15, 0.2) is 0 Å². The van der Waals surface area contributed by atoms with Crippen molar-refractivity contribution in [2.75, 3.05) is 0 Å². The molecule has 0 amide bonds. The fourth-order valence-corrected chi connectivity index (χ4v) is 11.6. The standard InChI is InChI=1S/C53H30OS/c1-5-21-43-34(12-1)35-13-2-6-22-44(35)53(43)45-23-7-3-15-41(45)50-37(19-11-24-46(50)53)33-27-29-48-51-38(33)17-10-18-39(51)42-30-31(26-28-47(42)54-48)32-16-9-20-40-36-14-4-8-25-49(36)55-52(32)40/h1-30H. The van der Waals surface area contributed by atoms with Crippen LogP contribution >= 0.6 is 11.3 Å². The van der Waals surface area contributed by atoms with Crippen LogP contribution in [0.5, 0.6) is 11.5 Å². The molecule has 9 aromatic carbocycles. The summed E-state index contributed by atoms with van der Waals surface area (Å²) in [5, 5.41) is 5.00. The van der Waals surface area contributed by atoms with Gasteiger partial charge in [-0.2, -0.15) is 0 Å². The highest BCUT2D eigenvalue weighted by molar-refractivity contribution is 7.26. The molecule has 1 aromatic heterocycles. The van der Waals surface area contributed by atoms with E-state index in [1.807, 2.05) is 11.3 Å². The van der Waals surface area contributed by atoms with E-state index in [-0.39, 0.29) is 5.41 Å². The molecule has 0 unspecified atom stereocenters. The topological polar surface area (TPSA) is 9.23 Å². The van der Waals surface area contributed by atoms with E-state index in [0.29, 0.717) is 0 Å². The number of fused-ring (bicyclic) bond motifs is 15. The van der Waals surface area contributed by atoms with Crippen LogP contribution in [0.25, 0.3) is 86.6 Å². The van der Waals surface area contributed by atoms with E-state index in [0.717, 1.165) is 17.1 Å². The van der Waals surface area contributed by atoms with Crippen molar-refractivity contribution in [2.45, 2.75) is 5.41 Å². The third-order valence-electron chi connectivity index (χ3n) is 12.5. The van der Waals surface area contributed by atoms with E-state index in [1.165, 1.54) is 103 Å². The van der Waals surface area contributed by atoms with Crippen LogP contribution in [0, 0.1) is 0 Å². The smallest absolute Gasteiger partial charge is 0.135 e. The second-order valence-corrected chi connectivity index (χ2v) is 16.1. The highest BCUT2D eigenvalue weighted by Gasteiger charge is 2.52. The summed E-state index contributed by atoms with van der Waals surface area (Å²) in [4.78, 5) is 0. The van der Waals surface area contributed by atoms with E-state index in [2.05, 4.69) is 182 Å². The maximum absolute atomic E-state index is 6.77. The lowest BCUT2D eigenvalue weighted by Crippen LogP contribution is -2.25. The molecule has 2 heterocycles. The Morgan fingerprint density at radius 1 is 0.364 bits per heavy atom. The van der Waals surface area contributed by atoms with E-state index >= 15 is 0 Å². The summed E-state index contributed by atoms with van der Waals surface area (Å²) in [6.07, 6.45) is 0. The average Bonchev–Trinajstić information content (AvgIpc) is 3.88. The van der Waals surface area contributed by atoms with Crippen LogP contribution in [0.15, 0.2) is 182 Å². The molecule has 10 aromatic rings. The monoisotopic (exact) mass is 714 g/mol. The molecule has 3 aliphatic rings. The summed E-state index contributed by atoms with van der Waals surface area (Å²) in [5.74, 6) is 1.80. The van der Waals surface area contributed by atoms with Gasteiger partial charge in [-0.05, 0) is 102 Å². The minimum absolute atomic E-state index is 0.378. The van der Waals surface area contributed by atoms with Crippen LogP contribution in [0.3, 0.4) is 0 Å². The Bertz CT molecular complexity index is 3260. The summed E-state index contributed by atoms with van der Waals surface area (Å²) in [5.41, 5.74) is 17.6. The second-order valence-electron chi connectivity index (χ2n) is 15.0. The molecule has 254 valence electrons. The summed E-state index contributed by atoms with van der Waals surface area (Å²) in [6, 6.07) is 67.5. The minimum atomic E-state index is -0.378. The molecular formula is C53H30OS. The lowest BCUT2D eigenvalue weighted by Gasteiger charge is -2.30. The Balaban J connectivity index is 1.03. The number of benzene rings is 9. The van der Waals surface area contributed by atoms with Gasteiger partial charge in [-0.25, -0.2) is 0 Å². The number of hydrogen-bond donors (Lipinski definition) is 0. The molecule has 0 saturated heterocycles. The van der Waals surface area contributed by atoms with Crippen molar-refractivity contribution in [1.82, 2.24) is 0 Å². The minimum Gasteiger partial charge on any atom is -0.456 e. The first-order chi connectivity index (χ1) is 27.3. The lowest BCUT2D eigenvalue weighted by atomic mass is 9.70. The van der Waals surface area contributed by atoms with Gasteiger partial charge < -0.3 is 4.74 Å². The van der Waals surface area contributed by atoms with Crippen LogP contribution < -0.4 is 4.74 Å². The number of thiophene rings is 1. The second kappa shape index (κ2) is 10.7. The Hall–Kier alpha value is -6.74. The van der Waals surface area contributed by atoms with Crippen molar-refractivity contribution < 1.29 is 4.74 Å². The molecule has 13 rings (SSSR count). The van der Waals surface area contributed by atoms with Crippen molar-refractivity contribution in [3.05, 3.63) is 204 Å². The highest BCUT2D eigenvalue weighted by atomic mass is 32.1. The SMILES string of the molecule is c1ccc2c(c1)-c1ccccc1C21c2ccccc2-c2c(-c3ccc4c5c(cccc35)-c3cc(-c5cccc6c5sc5ccccc56)ccc3O4)cccc21. The Labute approximate surface area is 322 Å². The third kappa shape index (κ3) is 3.72. The van der Waals surface area contributed by atoms with E-state index < -0.39 is 0 Å². The van der Waals surface area contributed by atoms with Gasteiger partial charge in [-0.15, -0.1) is 11.3 Å². The number of rotatable bonds is 2. The van der Waals surface area contributed by atoms with Crippen molar-refractivity contribution in [2.24, 2.45) is 0 Å². The predicted octanol–water partition coefficient (Wildman–Crippen LogP) is 14.7. The van der Waals surface area contributed by atoms with Gasteiger partial charge >= 0.3 is 0 Å². The first kappa shape index (κ1) is 29.7. The zero-order valence-corrected chi connectivity index (χ0v) is 30.5. The van der Waals surface area contributed by atoms with E-state index in [4.69, 9.17) is 4.74 Å². The maximum atomic E-state index is 6.77. The molecule has 1 nitrogen and oxygen atoms in total. The fourth-order valence-electron chi connectivity index (χ4n) is 10.4. The molecule has 1 aliphatic heterocycles. The summed E-state index contributed by atoms with van der Waals surface area (Å²) >= 11 is 1.88. The summed E-state index contributed by atoms with van der Waals surface area (Å²) in [6.45, 7) is 0. The van der Waals surface area contributed by atoms with Crippen molar-refractivity contribution in [3.63, 3.8) is 0 Å². The van der Waals surface area contributed by atoms with Crippen LogP contribution in [0.2, 0.25) is 0 Å². The molecular weight excluding hydrogens is 685 g/mol. The van der Waals surface area contributed by atoms with E-state index in [1.54, 1.807) is 0 Å². The third-order valence-corrected chi connectivity index (χ3v) is 13.7. The van der Waals surface area contributed by atoms with Gasteiger partial charge in [-0.3, -0.25) is 0 Å². The summed E-state index contributed by atoms with van der Waals surface area (Å²) < 4.78 is 9.42. The molecule has 0 N–H and O–H groups in total. The Kier molecular flexibility index (Phi) is 5.77. The van der Waals surface area contributed by atoms with Gasteiger partial charge in [0.25, 0.3) is 0 Å². The first-order valence-corrected chi connectivity index (χ1v) is 19.8. The average molecular weight is 715 g/mol. The zero-order chi connectivity index (χ0) is 35.8. The van der Waals surface area contributed by atoms with E-state index in [9.17, 15) is 0 Å². The maximum Gasteiger partial charge on any atom is 0.135 e. The molecule has 0 atom stereocenters. The fraction of sp³-hybridized carbons (Fsp3) is 0.0189. The molecule has 2 aliphatic carbocycles. The zero-order valence-electron chi connectivity index (χ0n) is 29.6. The molecule has 55 heavy (non-hydrogen) atoms. The Morgan fingerprint density at radius 2 is 0.945 bits per heavy atom. The van der Waals surface area contributed by atoms with Gasteiger partial charge in [0.05, 0.1) is 5.41 Å².